The molecule has 4 nitrogen and oxygen atoms in total. The van der Waals surface area contributed by atoms with Crippen molar-refractivity contribution in [3.05, 3.63) is 41.2 Å². The van der Waals surface area contributed by atoms with E-state index in [0.29, 0.717) is 17.3 Å². The Kier molecular flexibility index (Phi) is 3.49. The largest absolute Gasteiger partial charge is 0.461 e. The Morgan fingerprint density at radius 2 is 2.08 bits per heavy atom. The number of pyridine rings is 1. The van der Waals surface area contributed by atoms with Gasteiger partial charge in [0, 0.05) is 17.3 Å². The van der Waals surface area contributed by atoms with Crippen molar-refractivity contribution in [2.75, 3.05) is 6.61 Å². The molecule has 130 valence electrons. The molecule has 3 heterocycles. The molecule has 3 aromatic rings. The van der Waals surface area contributed by atoms with Crippen molar-refractivity contribution in [2.45, 2.75) is 32.5 Å². The fourth-order valence-electron chi connectivity index (χ4n) is 3.62. The average Bonchev–Trinajstić information content (AvgIpc) is 2.90. The SMILES string of the molecule is CCOC(=O)c1cc2c3cccc4c3n(c2c(C(F)(F)F)n1)CCC4. The minimum atomic E-state index is -4.66. The van der Waals surface area contributed by atoms with Gasteiger partial charge >= 0.3 is 12.1 Å². The number of hydrogen-bond donors (Lipinski definition) is 0. The van der Waals surface area contributed by atoms with Crippen LogP contribution in [0.2, 0.25) is 0 Å². The lowest BCUT2D eigenvalue weighted by atomic mass is 10.0. The van der Waals surface area contributed by atoms with Crippen LogP contribution in [-0.2, 0) is 23.9 Å². The summed E-state index contributed by atoms with van der Waals surface area (Å²) in [6, 6.07) is 6.98. The number of aromatic nitrogens is 2. The van der Waals surface area contributed by atoms with Crippen molar-refractivity contribution >= 4 is 27.8 Å². The quantitative estimate of drug-likeness (QED) is 0.648. The van der Waals surface area contributed by atoms with Crippen LogP contribution in [0.4, 0.5) is 13.2 Å². The first-order valence-electron chi connectivity index (χ1n) is 8.11. The molecule has 4 rings (SSSR count). The zero-order valence-corrected chi connectivity index (χ0v) is 13.5. The number of aryl methyl sites for hydroxylation is 2. The first-order chi connectivity index (χ1) is 11.9. The van der Waals surface area contributed by atoms with E-state index in [1.54, 1.807) is 17.6 Å². The summed E-state index contributed by atoms with van der Waals surface area (Å²) in [5.74, 6) is -0.846. The summed E-state index contributed by atoms with van der Waals surface area (Å²) in [5.41, 5.74) is 0.521. The van der Waals surface area contributed by atoms with Gasteiger partial charge in [-0.05, 0) is 31.4 Å². The molecular formula is C18H15F3N2O2. The summed E-state index contributed by atoms with van der Waals surface area (Å²) in [6.45, 7) is 2.17. The second kappa shape index (κ2) is 5.47. The summed E-state index contributed by atoms with van der Waals surface area (Å²) in [7, 11) is 0. The van der Waals surface area contributed by atoms with Crippen LogP contribution in [-0.4, -0.2) is 22.1 Å². The van der Waals surface area contributed by atoms with Crippen LogP contribution in [0.15, 0.2) is 24.3 Å². The van der Waals surface area contributed by atoms with E-state index in [9.17, 15) is 18.0 Å². The van der Waals surface area contributed by atoms with Gasteiger partial charge in [0.05, 0.1) is 17.6 Å². The predicted molar refractivity (Wildman–Crippen MR) is 86.5 cm³/mol. The van der Waals surface area contributed by atoms with E-state index in [0.717, 1.165) is 23.9 Å². The van der Waals surface area contributed by atoms with E-state index in [1.165, 1.54) is 6.07 Å². The third-order valence-electron chi connectivity index (χ3n) is 4.52. The lowest BCUT2D eigenvalue weighted by molar-refractivity contribution is -0.140. The molecule has 1 aliphatic rings. The maximum Gasteiger partial charge on any atom is 0.435 e. The molecule has 0 amide bonds. The highest BCUT2D eigenvalue weighted by atomic mass is 19.4. The van der Waals surface area contributed by atoms with Gasteiger partial charge in [0.25, 0.3) is 0 Å². The van der Waals surface area contributed by atoms with E-state index < -0.39 is 17.8 Å². The fourth-order valence-corrected chi connectivity index (χ4v) is 3.62. The van der Waals surface area contributed by atoms with Crippen LogP contribution in [0, 0.1) is 0 Å². The van der Waals surface area contributed by atoms with Gasteiger partial charge in [0.2, 0.25) is 0 Å². The first-order valence-corrected chi connectivity index (χ1v) is 8.11. The molecule has 0 fully saturated rings. The van der Waals surface area contributed by atoms with E-state index >= 15 is 0 Å². The molecule has 0 atom stereocenters. The Hall–Kier alpha value is -2.57. The van der Waals surface area contributed by atoms with Gasteiger partial charge in [-0.2, -0.15) is 13.2 Å². The van der Waals surface area contributed by atoms with Gasteiger partial charge in [0.15, 0.2) is 5.69 Å². The molecule has 0 unspecified atom stereocenters. The number of para-hydroxylation sites is 1. The zero-order valence-electron chi connectivity index (χ0n) is 13.5. The number of esters is 1. The van der Waals surface area contributed by atoms with Crippen LogP contribution in [0.3, 0.4) is 0 Å². The first kappa shape index (κ1) is 15.9. The highest BCUT2D eigenvalue weighted by Crippen LogP contribution is 2.41. The van der Waals surface area contributed by atoms with Crippen LogP contribution in [0.5, 0.6) is 0 Å². The average molecular weight is 348 g/mol. The van der Waals surface area contributed by atoms with Crippen LogP contribution < -0.4 is 0 Å². The summed E-state index contributed by atoms with van der Waals surface area (Å²) in [5, 5.41) is 1.11. The molecule has 0 spiro atoms. The molecule has 1 aromatic carbocycles. The van der Waals surface area contributed by atoms with Crippen molar-refractivity contribution in [3.63, 3.8) is 0 Å². The molecule has 2 aromatic heterocycles. The van der Waals surface area contributed by atoms with Gasteiger partial charge in [-0.25, -0.2) is 9.78 Å². The number of carbonyl (C=O) groups excluding carboxylic acids is 1. The van der Waals surface area contributed by atoms with E-state index in [1.807, 2.05) is 12.1 Å². The number of ether oxygens (including phenoxy) is 1. The molecule has 0 saturated carbocycles. The van der Waals surface area contributed by atoms with Crippen molar-refractivity contribution in [2.24, 2.45) is 0 Å². The third-order valence-corrected chi connectivity index (χ3v) is 4.52. The molecule has 0 aliphatic carbocycles. The summed E-state index contributed by atoms with van der Waals surface area (Å²) < 4.78 is 47.6. The number of hydrogen-bond acceptors (Lipinski definition) is 3. The standard InChI is InChI=1S/C18H15F3N2O2/c1-2-25-17(24)13-9-12-11-7-3-5-10-6-4-8-23(14(10)11)15(12)16(22-13)18(19,20)21/h3,5,7,9H,2,4,6,8H2,1H3. The Morgan fingerprint density at radius 3 is 2.80 bits per heavy atom. The number of carbonyl (C=O) groups is 1. The maximum absolute atomic E-state index is 13.7. The number of benzene rings is 1. The van der Waals surface area contributed by atoms with Crippen LogP contribution in [0.25, 0.3) is 21.8 Å². The van der Waals surface area contributed by atoms with E-state index in [2.05, 4.69) is 4.98 Å². The summed E-state index contributed by atoms with van der Waals surface area (Å²) in [4.78, 5) is 15.6. The van der Waals surface area contributed by atoms with Gasteiger partial charge in [0.1, 0.15) is 5.69 Å². The topological polar surface area (TPSA) is 44.1 Å². The highest BCUT2D eigenvalue weighted by molar-refractivity contribution is 6.11. The Labute approximate surface area is 141 Å². The Balaban J connectivity index is 2.15. The summed E-state index contributed by atoms with van der Waals surface area (Å²) in [6.07, 6.45) is -3.06. The molecule has 25 heavy (non-hydrogen) atoms. The molecule has 0 N–H and O–H groups in total. The molecule has 7 heteroatoms. The lowest BCUT2D eigenvalue weighted by Crippen LogP contribution is -2.17. The fraction of sp³-hybridized carbons (Fsp3) is 0.333. The normalized spacial score (nSPS) is 14.2. The Morgan fingerprint density at radius 1 is 1.28 bits per heavy atom. The second-order valence-corrected chi connectivity index (χ2v) is 6.04. The smallest absolute Gasteiger partial charge is 0.435 e. The summed E-state index contributed by atoms with van der Waals surface area (Å²) >= 11 is 0. The number of rotatable bonds is 2. The van der Waals surface area contributed by atoms with Crippen molar-refractivity contribution in [1.82, 2.24) is 9.55 Å². The van der Waals surface area contributed by atoms with Gasteiger partial charge < -0.3 is 9.30 Å². The predicted octanol–water partition coefficient (Wildman–Crippen LogP) is 4.33. The Bertz CT molecular complexity index is 1010. The zero-order chi connectivity index (χ0) is 17.8. The lowest BCUT2D eigenvalue weighted by Gasteiger charge is -2.17. The molecular weight excluding hydrogens is 333 g/mol. The van der Waals surface area contributed by atoms with E-state index in [-0.39, 0.29) is 17.8 Å². The molecule has 0 bridgehead atoms. The molecule has 0 saturated heterocycles. The van der Waals surface area contributed by atoms with Crippen molar-refractivity contribution in [3.8, 4) is 0 Å². The van der Waals surface area contributed by atoms with E-state index in [4.69, 9.17) is 4.74 Å². The number of alkyl halides is 3. The van der Waals surface area contributed by atoms with Crippen LogP contribution in [0.1, 0.15) is 35.1 Å². The number of nitrogens with zero attached hydrogens (tertiary/aromatic N) is 2. The number of fused-ring (bicyclic) bond motifs is 3. The van der Waals surface area contributed by atoms with Crippen molar-refractivity contribution in [1.29, 1.82) is 0 Å². The van der Waals surface area contributed by atoms with Gasteiger partial charge in [-0.1, -0.05) is 18.2 Å². The van der Waals surface area contributed by atoms with Crippen molar-refractivity contribution < 1.29 is 22.7 Å². The molecule has 1 aliphatic heterocycles. The minimum absolute atomic E-state index is 0.0442. The van der Waals surface area contributed by atoms with Gasteiger partial charge in [-0.3, -0.25) is 0 Å². The van der Waals surface area contributed by atoms with Crippen LogP contribution >= 0.6 is 0 Å². The highest BCUT2D eigenvalue weighted by Gasteiger charge is 2.38. The third kappa shape index (κ3) is 2.37. The number of halogens is 3. The second-order valence-electron chi connectivity index (χ2n) is 6.04. The molecule has 0 radical (unpaired) electrons. The maximum atomic E-state index is 13.7. The monoisotopic (exact) mass is 348 g/mol. The minimum Gasteiger partial charge on any atom is -0.461 e. The van der Waals surface area contributed by atoms with Gasteiger partial charge in [-0.15, -0.1) is 0 Å².